The molecule has 0 unspecified atom stereocenters. The van der Waals surface area contributed by atoms with Gasteiger partial charge < -0.3 is 4.74 Å². The van der Waals surface area contributed by atoms with E-state index in [2.05, 4.69) is 0 Å². The highest BCUT2D eigenvalue weighted by Crippen LogP contribution is 2.41. The zero-order valence-corrected chi connectivity index (χ0v) is 36.2. The lowest BCUT2D eigenvalue weighted by molar-refractivity contribution is -0.688. The maximum atomic E-state index is 14.2. The van der Waals surface area contributed by atoms with Gasteiger partial charge in [-0.05, 0) is 30.3 Å². The maximum Gasteiger partial charge on any atom is 0.416 e. The van der Waals surface area contributed by atoms with Gasteiger partial charge in [0.2, 0.25) is 0 Å². The van der Waals surface area contributed by atoms with Crippen LogP contribution in [0, 0.1) is 0 Å². The number of hydrogen-bond donors (Lipinski definition) is 0. The summed E-state index contributed by atoms with van der Waals surface area (Å²) in [6.07, 6.45) is -50.9. The van der Waals surface area contributed by atoms with Gasteiger partial charge in [0.05, 0.1) is 57.2 Å². The fourth-order valence-corrected chi connectivity index (χ4v) is 7.77. The van der Waals surface area contributed by atoms with Crippen molar-refractivity contribution in [2.75, 3.05) is 7.11 Å². The topological polar surface area (TPSA) is 30.2 Å². The Kier molecular flexibility index (Phi) is 15.7. The first-order chi connectivity index (χ1) is 33.6. The molecule has 398 valence electrons. The first-order valence-electron chi connectivity index (χ1n) is 20.0. The standard InChI is InChI=1S/C32H12BF24.C14H14NO2/c34-25(35,36)13-1-14(26(37,38)39)6-21(5-13)33(22-7-15(27(40,41)42)2-16(8-22)28(43,44)45,23-9-17(29(46,47)48)3-18(10-23)30(49,50)51)24-11-19(31(52,53)54)4-20(12-24)32(55,56)57;1-17-14(16)13-8-4-3-7-12(13)11-15-9-5-2-6-10-15/h1-12H;2-10H,11H2,1H3/q-1;+1. The number of carbonyl (C=O) groups is 1. The number of aromatic nitrogens is 1. The molecule has 1 aromatic heterocycles. The van der Waals surface area contributed by atoms with Crippen LogP contribution in [0.25, 0.3) is 0 Å². The number of benzene rings is 5. The van der Waals surface area contributed by atoms with E-state index in [9.17, 15) is 110 Å². The molecule has 28 heteroatoms. The van der Waals surface area contributed by atoms with Gasteiger partial charge >= 0.3 is 55.4 Å². The molecular weight excluding hydrogens is 1070 g/mol. The van der Waals surface area contributed by atoms with Crippen LogP contribution in [-0.2, 0) is 60.7 Å². The van der Waals surface area contributed by atoms with Crippen LogP contribution in [0.5, 0.6) is 0 Å². The van der Waals surface area contributed by atoms with Gasteiger partial charge in [0, 0.05) is 17.7 Å². The molecule has 0 amide bonds. The third-order valence-electron chi connectivity index (χ3n) is 11.0. The Labute approximate surface area is 399 Å². The van der Waals surface area contributed by atoms with Crippen molar-refractivity contribution >= 4 is 34.0 Å². The molecular formula is C46H26BF24NO2. The van der Waals surface area contributed by atoms with Gasteiger partial charge in [0.1, 0.15) is 6.15 Å². The van der Waals surface area contributed by atoms with Gasteiger partial charge in [-0.2, -0.15) is 127 Å². The van der Waals surface area contributed by atoms with Crippen LogP contribution in [0.3, 0.4) is 0 Å². The quantitative estimate of drug-likeness (QED) is 0.0690. The molecule has 0 N–H and O–H groups in total. The molecule has 6 aromatic rings. The number of nitrogens with zero attached hydrogens (tertiary/aromatic N) is 1. The van der Waals surface area contributed by atoms with Crippen molar-refractivity contribution in [2.45, 2.75) is 56.0 Å². The Morgan fingerprint density at radius 2 is 0.622 bits per heavy atom. The molecule has 0 aliphatic rings. The van der Waals surface area contributed by atoms with E-state index in [0.717, 1.165) is 5.56 Å². The Morgan fingerprint density at radius 1 is 0.378 bits per heavy atom. The molecule has 0 aliphatic heterocycles. The zero-order valence-electron chi connectivity index (χ0n) is 36.2. The molecule has 0 aliphatic carbocycles. The first-order valence-corrected chi connectivity index (χ1v) is 20.0. The molecule has 5 aromatic carbocycles. The zero-order chi connectivity index (χ0) is 56.0. The fourth-order valence-electron chi connectivity index (χ4n) is 7.77. The molecule has 0 fully saturated rings. The highest BCUT2D eigenvalue weighted by Gasteiger charge is 2.47. The number of carbonyl (C=O) groups excluding carboxylic acids is 1. The minimum Gasteiger partial charge on any atom is -0.465 e. The predicted molar refractivity (Wildman–Crippen MR) is 214 cm³/mol. The Balaban J connectivity index is 0.000000500. The molecule has 0 atom stereocenters. The van der Waals surface area contributed by atoms with E-state index in [1.807, 2.05) is 53.4 Å². The number of alkyl halides is 24. The second-order valence-electron chi connectivity index (χ2n) is 15.9. The lowest BCUT2D eigenvalue weighted by atomic mass is 9.12. The highest BCUT2D eigenvalue weighted by molar-refractivity contribution is 7.20. The Hall–Kier alpha value is -6.90. The summed E-state index contributed by atoms with van der Waals surface area (Å²) in [5.74, 6) is -0.294. The van der Waals surface area contributed by atoms with Crippen LogP contribution >= 0.6 is 0 Å². The van der Waals surface area contributed by atoms with E-state index < -0.39 is 195 Å². The van der Waals surface area contributed by atoms with Crippen LogP contribution < -0.4 is 26.4 Å². The normalized spacial score (nSPS) is 13.3. The van der Waals surface area contributed by atoms with Gasteiger partial charge in [-0.1, -0.05) is 72.8 Å². The van der Waals surface area contributed by atoms with Crippen molar-refractivity contribution in [2.24, 2.45) is 0 Å². The number of methoxy groups -OCH3 is 1. The smallest absolute Gasteiger partial charge is 0.416 e. The first kappa shape index (κ1) is 58.0. The summed E-state index contributed by atoms with van der Waals surface area (Å²) in [5.41, 5.74) is -28.6. The SMILES string of the molecule is COC(=O)c1ccccc1C[n+]1ccccc1.FC(F)(F)c1cc([B-](c2cc(C(F)(F)F)cc(C(F)(F)F)c2)(c2cc(C(F)(F)F)cc(C(F)(F)F)c2)c2cc(C(F)(F)F)cc(C(F)(F)F)c2)cc(C(F)(F)F)c1. The lowest BCUT2D eigenvalue weighted by Crippen LogP contribution is -2.75. The summed E-state index contributed by atoms with van der Waals surface area (Å²) in [5, 5.41) is 0. The summed E-state index contributed by atoms with van der Waals surface area (Å²) in [6.45, 7) is 0.659. The summed E-state index contributed by atoms with van der Waals surface area (Å²) in [6, 6.07) is 4.55. The van der Waals surface area contributed by atoms with E-state index in [4.69, 9.17) is 4.74 Å². The molecule has 0 saturated heterocycles. The largest absolute Gasteiger partial charge is 0.465 e. The number of hydrogen-bond acceptors (Lipinski definition) is 2. The average molecular weight is 1090 g/mol. The number of halogens is 24. The molecule has 0 saturated carbocycles. The van der Waals surface area contributed by atoms with Gasteiger partial charge in [0.25, 0.3) is 0 Å². The summed E-state index contributed by atoms with van der Waals surface area (Å²) < 4.78 is 348. The van der Waals surface area contributed by atoms with E-state index in [1.165, 1.54) is 7.11 Å². The van der Waals surface area contributed by atoms with Crippen LogP contribution in [-0.4, -0.2) is 19.2 Å². The van der Waals surface area contributed by atoms with E-state index in [0.29, 0.717) is 12.1 Å². The van der Waals surface area contributed by atoms with E-state index >= 15 is 0 Å². The molecule has 6 rings (SSSR count). The lowest BCUT2D eigenvalue weighted by Gasteiger charge is -2.46. The van der Waals surface area contributed by atoms with Crippen LogP contribution in [0.2, 0.25) is 0 Å². The second-order valence-corrected chi connectivity index (χ2v) is 15.9. The van der Waals surface area contributed by atoms with Gasteiger partial charge in [-0.15, -0.1) is 0 Å². The Bertz CT molecular complexity index is 2540. The molecule has 0 bridgehead atoms. The van der Waals surface area contributed by atoms with Gasteiger partial charge in [-0.25, -0.2) is 9.36 Å². The molecule has 3 nitrogen and oxygen atoms in total. The Morgan fingerprint density at radius 3 is 0.851 bits per heavy atom. The minimum absolute atomic E-state index is 0.294. The second kappa shape index (κ2) is 20.1. The van der Waals surface area contributed by atoms with Crippen molar-refractivity contribution in [1.29, 1.82) is 0 Å². The van der Waals surface area contributed by atoms with E-state index in [1.54, 1.807) is 6.07 Å². The third kappa shape index (κ3) is 13.2. The van der Waals surface area contributed by atoms with Crippen molar-refractivity contribution in [1.82, 2.24) is 0 Å². The van der Waals surface area contributed by atoms with Crippen LogP contribution in [0.15, 0.2) is 128 Å². The van der Waals surface area contributed by atoms with Crippen molar-refractivity contribution in [3.05, 3.63) is 183 Å². The summed E-state index contributed by atoms with van der Waals surface area (Å²) in [7, 11) is 1.40. The average Bonchev–Trinajstić information content (AvgIpc) is 3.27. The summed E-state index contributed by atoms with van der Waals surface area (Å²) >= 11 is 0. The number of ether oxygens (including phenoxy) is 1. The number of esters is 1. The van der Waals surface area contributed by atoms with Gasteiger partial charge in [0.15, 0.2) is 18.9 Å². The molecule has 0 spiro atoms. The predicted octanol–water partition coefficient (Wildman–Crippen LogP) is 13.0. The number of pyridine rings is 1. The third-order valence-corrected chi connectivity index (χ3v) is 11.0. The summed E-state index contributed by atoms with van der Waals surface area (Å²) in [4.78, 5) is 11.6. The van der Waals surface area contributed by atoms with Crippen molar-refractivity contribution < 1.29 is 119 Å². The van der Waals surface area contributed by atoms with Crippen molar-refractivity contribution in [3.8, 4) is 0 Å². The van der Waals surface area contributed by atoms with Crippen LogP contribution in [0.4, 0.5) is 105 Å². The molecule has 0 radical (unpaired) electrons. The van der Waals surface area contributed by atoms with Crippen molar-refractivity contribution in [3.63, 3.8) is 0 Å². The van der Waals surface area contributed by atoms with E-state index in [-0.39, 0.29) is 5.97 Å². The number of rotatable bonds is 7. The van der Waals surface area contributed by atoms with Crippen LogP contribution in [0.1, 0.15) is 60.4 Å². The minimum atomic E-state index is -6.13. The highest BCUT2D eigenvalue weighted by atomic mass is 19.4. The van der Waals surface area contributed by atoms with Gasteiger partial charge in [-0.3, -0.25) is 0 Å². The fraction of sp³-hybridized carbons (Fsp3) is 0.217. The molecule has 74 heavy (non-hydrogen) atoms. The monoisotopic (exact) mass is 1090 g/mol. The molecule has 1 heterocycles. The maximum absolute atomic E-state index is 14.2.